The molecule has 126 valence electrons. The van der Waals surface area contributed by atoms with E-state index in [1.165, 1.54) is 0 Å². The van der Waals surface area contributed by atoms with Crippen LogP contribution in [0.15, 0.2) is 84.9 Å². The van der Waals surface area contributed by atoms with Gasteiger partial charge in [0.2, 0.25) is 5.91 Å². The number of rotatable bonds is 2. The van der Waals surface area contributed by atoms with Crippen LogP contribution in [0.25, 0.3) is 5.57 Å². The second kappa shape index (κ2) is 5.43. The van der Waals surface area contributed by atoms with E-state index in [0.29, 0.717) is 6.54 Å². The van der Waals surface area contributed by atoms with E-state index in [-0.39, 0.29) is 5.91 Å². The minimum atomic E-state index is -0.714. The van der Waals surface area contributed by atoms with Crippen LogP contribution in [0.1, 0.15) is 29.2 Å². The number of likely N-dealkylation sites (N-methyl/N-ethyl adjacent to an activating group) is 1. The van der Waals surface area contributed by atoms with E-state index in [1.54, 1.807) is 0 Å². The average molecular weight is 337 g/mol. The van der Waals surface area contributed by atoms with Crippen molar-refractivity contribution in [3.8, 4) is 0 Å². The van der Waals surface area contributed by atoms with Crippen molar-refractivity contribution in [1.29, 1.82) is 0 Å². The zero-order valence-electron chi connectivity index (χ0n) is 14.6. The number of amides is 1. The molecule has 5 rings (SSSR count). The van der Waals surface area contributed by atoms with Crippen molar-refractivity contribution in [3.63, 3.8) is 0 Å². The summed E-state index contributed by atoms with van der Waals surface area (Å²) in [4.78, 5) is 15.6. The van der Waals surface area contributed by atoms with Gasteiger partial charge in [-0.2, -0.15) is 0 Å². The second-order valence-electron chi connectivity index (χ2n) is 6.84. The van der Waals surface area contributed by atoms with Gasteiger partial charge in [0.05, 0.1) is 0 Å². The Morgan fingerprint density at radius 1 is 0.808 bits per heavy atom. The van der Waals surface area contributed by atoms with Crippen molar-refractivity contribution in [3.05, 3.63) is 107 Å². The molecule has 1 spiro atoms. The highest BCUT2D eigenvalue weighted by Crippen LogP contribution is 2.54. The van der Waals surface area contributed by atoms with Gasteiger partial charge in [0.15, 0.2) is 0 Å². The molecule has 0 fully saturated rings. The highest BCUT2D eigenvalue weighted by atomic mass is 16.2. The first kappa shape index (κ1) is 15.2. The van der Waals surface area contributed by atoms with Gasteiger partial charge in [0.1, 0.15) is 5.41 Å². The van der Waals surface area contributed by atoms with E-state index >= 15 is 0 Å². The largest absolute Gasteiger partial charge is 0.311 e. The zero-order chi connectivity index (χ0) is 17.7. The Labute approximate surface area is 153 Å². The second-order valence-corrected chi connectivity index (χ2v) is 6.84. The van der Waals surface area contributed by atoms with Gasteiger partial charge in [-0.25, -0.2) is 0 Å². The van der Waals surface area contributed by atoms with Crippen LogP contribution >= 0.6 is 0 Å². The zero-order valence-corrected chi connectivity index (χ0v) is 14.6. The first-order valence-corrected chi connectivity index (χ1v) is 9.07. The Morgan fingerprint density at radius 2 is 1.46 bits per heavy atom. The van der Waals surface area contributed by atoms with E-state index < -0.39 is 5.41 Å². The van der Waals surface area contributed by atoms with Gasteiger partial charge < -0.3 is 4.90 Å². The minimum Gasteiger partial charge on any atom is -0.311 e. The normalized spacial score (nSPS) is 20.3. The maximum Gasteiger partial charge on any atom is 0.246 e. The Hall–Kier alpha value is -3.13. The van der Waals surface area contributed by atoms with Crippen molar-refractivity contribution in [2.24, 2.45) is 0 Å². The summed E-state index contributed by atoms with van der Waals surface area (Å²) >= 11 is 0. The van der Waals surface area contributed by atoms with Crippen LogP contribution in [0.3, 0.4) is 0 Å². The molecular formula is C24H19NO. The number of para-hydroxylation sites is 1. The standard InChI is InChI=1S/C24H19NO/c1-2-25-22-15-9-8-14-21(22)24(23(25)26)16-19(17-10-4-3-5-11-17)18-12-6-7-13-20(18)24/h3-16H,2H2,1H3/t24-/m0/s1. The smallest absolute Gasteiger partial charge is 0.246 e. The molecule has 1 aliphatic carbocycles. The fourth-order valence-electron chi connectivity index (χ4n) is 4.48. The first-order valence-electron chi connectivity index (χ1n) is 9.07. The Bertz CT molecular complexity index is 1050. The predicted octanol–water partition coefficient (Wildman–Crippen LogP) is 4.78. The third-order valence-electron chi connectivity index (χ3n) is 5.61. The van der Waals surface area contributed by atoms with E-state index in [0.717, 1.165) is 33.5 Å². The highest BCUT2D eigenvalue weighted by Gasteiger charge is 2.53. The number of fused-ring (bicyclic) bond motifs is 4. The van der Waals surface area contributed by atoms with E-state index in [2.05, 4.69) is 48.5 Å². The lowest BCUT2D eigenvalue weighted by Crippen LogP contribution is -2.39. The topological polar surface area (TPSA) is 20.3 Å². The lowest BCUT2D eigenvalue weighted by Gasteiger charge is -2.23. The van der Waals surface area contributed by atoms with Crippen molar-refractivity contribution in [1.82, 2.24) is 0 Å². The fraction of sp³-hybridized carbons (Fsp3) is 0.125. The molecule has 3 aromatic rings. The summed E-state index contributed by atoms with van der Waals surface area (Å²) in [6, 6.07) is 26.9. The van der Waals surface area contributed by atoms with E-state index in [9.17, 15) is 4.79 Å². The SMILES string of the molecule is CCN1C(=O)[C@]2(C=C(c3ccccc3)c3ccccc32)c2ccccc21. The quantitative estimate of drug-likeness (QED) is 0.659. The number of anilines is 1. The highest BCUT2D eigenvalue weighted by molar-refractivity contribution is 6.15. The molecule has 1 atom stereocenters. The van der Waals surface area contributed by atoms with E-state index in [4.69, 9.17) is 0 Å². The van der Waals surface area contributed by atoms with Gasteiger partial charge in [0.25, 0.3) is 0 Å². The van der Waals surface area contributed by atoms with Gasteiger partial charge in [0, 0.05) is 12.2 Å². The Balaban J connectivity index is 1.85. The summed E-state index contributed by atoms with van der Waals surface area (Å²) < 4.78 is 0. The lowest BCUT2D eigenvalue weighted by atomic mass is 9.77. The van der Waals surface area contributed by atoms with Crippen molar-refractivity contribution < 1.29 is 4.79 Å². The molecule has 0 aromatic heterocycles. The van der Waals surface area contributed by atoms with Crippen LogP contribution in [0.4, 0.5) is 5.69 Å². The number of carbonyl (C=O) groups excluding carboxylic acids is 1. The third kappa shape index (κ3) is 1.79. The van der Waals surface area contributed by atoms with Crippen molar-refractivity contribution in [2.75, 3.05) is 11.4 Å². The Kier molecular flexibility index (Phi) is 3.17. The minimum absolute atomic E-state index is 0.152. The van der Waals surface area contributed by atoms with Crippen LogP contribution in [0.2, 0.25) is 0 Å². The first-order chi connectivity index (χ1) is 12.8. The maximum absolute atomic E-state index is 13.6. The Morgan fingerprint density at radius 3 is 2.23 bits per heavy atom. The van der Waals surface area contributed by atoms with Crippen LogP contribution in [0, 0.1) is 0 Å². The predicted molar refractivity (Wildman–Crippen MR) is 105 cm³/mol. The summed E-state index contributed by atoms with van der Waals surface area (Å²) in [5, 5.41) is 0. The molecule has 0 saturated carbocycles. The summed E-state index contributed by atoms with van der Waals surface area (Å²) in [7, 11) is 0. The number of hydrogen-bond donors (Lipinski definition) is 0. The molecule has 2 heteroatoms. The monoisotopic (exact) mass is 337 g/mol. The average Bonchev–Trinajstić information content (AvgIpc) is 3.17. The fourth-order valence-corrected chi connectivity index (χ4v) is 4.48. The molecule has 1 aliphatic heterocycles. The van der Waals surface area contributed by atoms with Crippen LogP contribution < -0.4 is 4.90 Å². The molecule has 0 unspecified atom stereocenters. The lowest BCUT2D eigenvalue weighted by molar-refractivity contribution is -0.120. The van der Waals surface area contributed by atoms with E-state index in [1.807, 2.05) is 48.2 Å². The van der Waals surface area contributed by atoms with Crippen LogP contribution in [0.5, 0.6) is 0 Å². The van der Waals surface area contributed by atoms with Crippen molar-refractivity contribution in [2.45, 2.75) is 12.3 Å². The van der Waals surface area contributed by atoms with Gasteiger partial charge in [-0.05, 0) is 40.8 Å². The molecule has 2 aliphatic rings. The molecule has 0 bridgehead atoms. The number of hydrogen-bond acceptors (Lipinski definition) is 1. The van der Waals surface area contributed by atoms with Gasteiger partial charge in [-0.1, -0.05) is 78.9 Å². The van der Waals surface area contributed by atoms with Crippen LogP contribution in [-0.2, 0) is 10.2 Å². The summed E-state index contributed by atoms with van der Waals surface area (Å²) in [5.74, 6) is 0.152. The number of carbonyl (C=O) groups is 1. The number of nitrogens with zero attached hydrogens (tertiary/aromatic N) is 1. The van der Waals surface area contributed by atoms with Crippen molar-refractivity contribution >= 4 is 17.2 Å². The van der Waals surface area contributed by atoms with Gasteiger partial charge in [-0.15, -0.1) is 0 Å². The third-order valence-corrected chi connectivity index (χ3v) is 5.61. The maximum atomic E-state index is 13.6. The molecule has 26 heavy (non-hydrogen) atoms. The molecule has 3 aromatic carbocycles. The summed E-state index contributed by atoms with van der Waals surface area (Å²) in [6.07, 6.45) is 2.18. The summed E-state index contributed by atoms with van der Waals surface area (Å²) in [6.45, 7) is 2.71. The molecule has 1 amide bonds. The molecule has 2 nitrogen and oxygen atoms in total. The number of benzene rings is 3. The van der Waals surface area contributed by atoms with Crippen LogP contribution in [-0.4, -0.2) is 12.5 Å². The molecular weight excluding hydrogens is 318 g/mol. The molecule has 0 radical (unpaired) electrons. The van der Waals surface area contributed by atoms with Gasteiger partial charge >= 0.3 is 0 Å². The molecule has 0 saturated heterocycles. The molecule has 0 N–H and O–H groups in total. The van der Waals surface area contributed by atoms with Gasteiger partial charge in [-0.3, -0.25) is 4.79 Å². The summed E-state index contributed by atoms with van der Waals surface area (Å²) in [5.41, 5.74) is 5.94. The molecule has 1 heterocycles.